The Kier molecular flexibility index (Phi) is 5.16. The average Bonchev–Trinajstić information content (AvgIpc) is 3.56. The van der Waals surface area contributed by atoms with E-state index in [4.69, 9.17) is 4.74 Å². The molecular formula is C25H33FN2O4S. The molecule has 4 bridgehead atoms. The van der Waals surface area contributed by atoms with Crippen molar-refractivity contribution in [1.29, 1.82) is 0 Å². The van der Waals surface area contributed by atoms with E-state index in [0.29, 0.717) is 25.9 Å². The molecule has 1 heterocycles. The largest absolute Gasteiger partial charge is 0.373 e. The highest BCUT2D eigenvalue weighted by atomic mass is 32.2. The molecule has 0 spiro atoms. The van der Waals surface area contributed by atoms with Gasteiger partial charge in [-0.1, -0.05) is 18.2 Å². The zero-order chi connectivity index (χ0) is 22.8. The predicted molar refractivity (Wildman–Crippen MR) is 121 cm³/mol. The van der Waals surface area contributed by atoms with Gasteiger partial charge in [0.15, 0.2) is 0 Å². The number of alkyl halides is 1. The van der Waals surface area contributed by atoms with Crippen LogP contribution in [0.2, 0.25) is 0 Å². The number of benzene rings is 1. The molecule has 1 aromatic carbocycles. The van der Waals surface area contributed by atoms with E-state index in [1.165, 1.54) is 50.7 Å². The predicted octanol–water partition coefficient (Wildman–Crippen LogP) is 4.04. The number of rotatable bonds is 7. The summed E-state index contributed by atoms with van der Waals surface area (Å²) in [6.45, 7) is 0.555. The minimum atomic E-state index is -4.34. The van der Waals surface area contributed by atoms with Crippen molar-refractivity contribution in [2.45, 2.75) is 69.7 Å². The van der Waals surface area contributed by atoms with Crippen molar-refractivity contribution in [2.75, 3.05) is 13.2 Å². The fourth-order valence-corrected chi connectivity index (χ4v) is 9.24. The van der Waals surface area contributed by atoms with Gasteiger partial charge in [0.1, 0.15) is 6.10 Å². The lowest BCUT2D eigenvalue weighted by Gasteiger charge is -2.57. The van der Waals surface area contributed by atoms with Gasteiger partial charge in [-0.25, -0.2) is 9.11 Å². The lowest BCUT2D eigenvalue weighted by molar-refractivity contribution is -0.149. The zero-order valence-corrected chi connectivity index (χ0v) is 19.7. The molecule has 8 heteroatoms. The summed E-state index contributed by atoms with van der Waals surface area (Å²) in [6, 6.07) is 8.15. The van der Waals surface area contributed by atoms with Crippen molar-refractivity contribution in [1.82, 2.24) is 9.03 Å². The molecular weight excluding hydrogens is 443 g/mol. The molecule has 1 amide bonds. The third-order valence-corrected chi connectivity index (χ3v) is 10.4. The maximum Gasteiger partial charge on any atom is 0.306 e. The molecule has 6 fully saturated rings. The Morgan fingerprint density at radius 2 is 1.64 bits per heavy atom. The van der Waals surface area contributed by atoms with E-state index in [2.05, 4.69) is 4.72 Å². The number of amides is 1. The number of nitrogens with one attached hydrogen (secondary N) is 1. The van der Waals surface area contributed by atoms with E-state index < -0.39 is 28.0 Å². The van der Waals surface area contributed by atoms with Gasteiger partial charge < -0.3 is 4.74 Å². The summed E-state index contributed by atoms with van der Waals surface area (Å²) in [5, 5.41) is 0. The van der Waals surface area contributed by atoms with Crippen LogP contribution in [0.15, 0.2) is 30.3 Å². The summed E-state index contributed by atoms with van der Waals surface area (Å²) in [6.07, 6.45) is 8.36. The molecule has 6 nitrogen and oxygen atoms in total. The molecule has 2 unspecified atom stereocenters. The molecule has 180 valence electrons. The number of hydrogen-bond acceptors (Lipinski definition) is 4. The van der Waals surface area contributed by atoms with Crippen molar-refractivity contribution < 1.29 is 22.3 Å². The number of halogens is 1. The molecule has 5 saturated carbocycles. The molecule has 0 aromatic heterocycles. The maximum absolute atomic E-state index is 16.6. The van der Waals surface area contributed by atoms with Gasteiger partial charge in [0.2, 0.25) is 5.79 Å². The quantitative estimate of drug-likeness (QED) is 0.603. The van der Waals surface area contributed by atoms with E-state index in [9.17, 15) is 13.2 Å². The van der Waals surface area contributed by atoms with E-state index in [0.717, 1.165) is 22.1 Å². The Hall–Kier alpha value is -1.51. The highest BCUT2D eigenvalue weighted by molar-refractivity contribution is 7.87. The number of carbonyl (C=O) groups excluding carboxylic acids is 1. The molecule has 6 aliphatic rings. The molecule has 1 aromatic rings. The zero-order valence-electron chi connectivity index (χ0n) is 18.9. The minimum Gasteiger partial charge on any atom is -0.373 e. The first-order valence-corrected chi connectivity index (χ1v) is 13.9. The summed E-state index contributed by atoms with van der Waals surface area (Å²) in [5.74, 6) is -0.854. The van der Waals surface area contributed by atoms with Crippen LogP contribution in [-0.4, -0.2) is 43.7 Å². The van der Waals surface area contributed by atoms with Crippen LogP contribution in [0.25, 0.3) is 0 Å². The lowest BCUT2D eigenvalue weighted by Crippen LogP contribution is -2.56. The van der Waals surface area contributed by atoms with Crippen molar-refractivity contribution in [2.24, 2.45) is 29.1 Å². The van der Waals surface area contributed by atoms with E-state index in [-0.39, 0.29) is 23.4 Å². The average molecular weight is 477 g/mol. The summed E-state index contributed by atoms with van der Waals surface area (Å²) >= 11 is 0. The highest BCUT2D eigenvalue weighted by Crippen LogP contribution is 2.60. The summed E-state index contributed by atoms with van der Waals surface area (Å²) < 4.78 is 52.2. The van der Waals surface area contributed by atoms with Gasteiger partial charge >= 0.3 is 10.2 Å². The normalized spacial score (nSPS) is 40.3. The van der Waals surface area contributed by atoms with E-state index >= 15 is 4.39 Å². The molecule has 2 atom stereocenters. The van der Waals surface area contributed by atoms with Crippen molar-refractivity contribution in [3.8, 4) is 0 Å². The van der Waals surface area contributed by atoms with Gasteiger partial charge in [-0.15, -0.1) is 4.31 Å². The van der Waals surface area contributed by atoms with Crippen LogP contribution in [-0.2, 0) is 14.9 Å². The first kappa shape index (κ1) is 22.0. The molecule has 1 saturated heterocycles. The van der Waals surface area contributed by atoms with Crippen molar-refractivity contribution >= 4 is 16.1 Å². The van der Waals surface area contributed by atoms with E-state index in [1.807, 2.05) is 0 Å². The second-order valence-corrected chi connectivity index (χ2v) is 13.0. The molecule has 1 N–H and O–H groups in total. The number of carbonyl (C=O) groups is 1. The Morgan fingerprint density at radius 3 is 2.21 bits per heavy atom. The second-order valence-electron chi connectivity index (χ2n) is 11.4. The van der Waals surface area contributed by atoms with Gasteiger partial charge in [-0.2, -0.15) is 8.42 Å². The van der Waals surface area contributed by atoms with E-state index in [1.54, 1.807) is 18.2 Å². The molecule has 0 radical (unpaired) electrons. The van der Waals surface area contributed by atoms with Gasteiger partial charge in [0.25, 0.3) is 5.91 Å². The smallest absolute Gasteiger partial charge is 0.306 e. The number of ether oxygens (including phenoxy) is 1. The number of hydrogen-bond donors (Lipinski definition) is 1. The summed E-state index contributed by atoms with van der Waals surface area (Å²) in [5.41, 5.74) is 0.373. The monoisotopic (exact) mass is 476 g/mol. The van der Waals surface area contributed by atoms with Crippen LogP contribution in [0, 0.1) is 29.1 Å². The Labute approximate surface area is 195 Å². The van der Waals surface area contributed by atoms with Crippen LogP contribution in [0.4, 0.5) is 4.39 Å². The summed E-state index contributed by atoms with van der Waals surface area (Å²) in [7, 11) is -4.34. The number of nitrogens with zero attached hydrogens (tertiary/aromatic N) is 1. The summed E-state index contributed by atoms with van der Waals surface area (Å²) in [4.78, 5) is 12.5. The topological polar surface area (TPSA) is 75.7 Å². The first-order valence-electron chi connectivity index (χ1n) is 12.5. The van der Waals surface area contributed by atoms with Crippen LogP contribution in [0.3, 0.4) is 0 Å². The second kappa shape index (κ2) is 7.75. The van der Waals surface area contributed by atoms with Crippen LogP contribution in [0.5, 0.6) is 0 Å². The maximum atomic E-state index is 16.6. The molecule has 33 heavy (non-hydrogen) atoms. The minimum absolute atomic E-state index is 0.0238. The van der Waals surface area contributed by atoms with Crippen LogP contribution >= 0.6 is 0 Å². The van der Waals surface area contributed by atoms with Gasteiger partial charge in [-0.05, 0) is 93.1 Å². The molecule has 7 rings (SSSR count). The van der Waals surface area contributed by atoms with Gasteiger partial charge in [0.05, 0.1) is 6.61 Å². The Morgan fingerprint density at radius 1 is 1.03 bits per heavy atom. The Balaban J connectivity index is 1.18. The SMILES string of the molecule is O=C(NS(=O)(=O)N1CCC(OCC23CC4CC(CC(C4)C2)C3)C1(F)C1CC1)c1ccccc1. The van der Waals surface area contributed by atoms with Crippen molar-refractivity contribution in [3.05, 3.63) is 35.9 Å². The molecule has 5 aliphatic carbocycles. The van der Waals surface area contributed by atoms with Gasteiger partial charge in [-0.3, -0.25) is 4.79 Å². The lowest BCUT2D eigenvalue weighted by atomic mass is 9.50. The first-order chi connectivity index (χ1) is 15.8. The van der Waals surface area contributed by atoms with Crippen LogP contribution in [0.1, 0.15) is 68.1 Å². The Bertz CT molecular complexity index is 993. The molecule has 1 aliphatic heterocycles. The highest BCUT2D eigenvalue weighted by Gasteiger charge is 2.63. The third-order valence-electron chi connectivity index (χ3n) is 8.88. The van der Waals surface area contributed by atoms with Crippen LogP contribution < -0.4 is 4.72 Å². The third kappa shape index (κ3) is 3.82. The van der Waals surface area contributed by atoms with Gasteiger partial charge in [0, 0.05) is 18.0 Å². The van der Waals surface area contributed by atoms with Crippen molar-refractivity contribution in [3.63, 3.8) is 0 Å². The fraction of sp³-hybridized carbons (Fsp3) is 0.720. The standard InChI is InChI=1S/C25H33FN2O4S/c26-25(21-6-7-21)22(32-16-24-13-17-10-18(14-24)12-19(11-17)15-24)8-9-28(25)33(30,31)27-23(29)20-4-2-1-3-5-20/h1-5,17-19,21-22H,6-16H2,(H,27,29). The fourth-order valence-electron chi connectivity index (χ4n) is 7.79.